The van der Waals surface area contributed by atoms with Gasteiger partial charge in [-0.2, -0.15) is 5.10 Å². The molecule has 18 heavy (non-hydrogen) atoms. The van der Waals surface area contributed by atoms with Crippen LogP contribution < -0.4 is 11.3 Å². The Morgan fingerprint density at radius 1 is 1.44 bits per heavy atom. The van der Waals surface area contributed by atoms with Gasteiger partial charge in [0.25, 0.3) is 5.56 Å². The van der Waals surface area contributed by atoms with Gasteiger partial charge in [0.05, 0.1) is 12.2 Å². The minimum absolute atomic E-state index is 0.0549. The Morgan fingerprint density at radius 2 is 2.17 bits per heavy atom. The number of aromatic nitrogens is 3. The largest absolute Gasteiger partial charge is 0.330 e. The predicted octanol–water partition coefficient (Wildman–Crippen LogP) is 1.59. The lowest BCUT2D eigenvalue weighted by Crippen LogP contribution is -2.18. The molecule has 0 bridgehead atoms. The third-order valence-corrected chi connectivity index (χ3v) is 3.38. The van der Waals surface area contributed by atoms with Crippen LogP contribution in [-0.4, -0.2) is 21.3 Å². The van der Waals surface area contributed by atoms with Crippen molar-refractivity contribution in [3.05, 3.63) is 28.2 Å². The van der Waals surface area contributed by atoms with Gasteiger partial charge in [-0.3, -0.25) is 4.79 Å². The number of H-pyrrole nitrogens is 1. The number of pyridine rings is 1. The van der Waals surface area contributed by atoms with Crippen molar-refractivity contribution in [2.24, 2.45) is 5.73 Å². The summed E-state index contributed by atoms with van der Waals surface area (Å²) in [6, 6.07) is 2.23. The molecule has 0 aliphatic rings. The molecule has 5 nitrogen and oxygen atoms in total. The van der Waals surface area contributed by atoms with Crippen LogP contribution in [0.3, 0.4) is 0 Å². The summed E-state index contributed by atoms with van der Waals surface area (Å²) < 4.78 is 1.92. The molecule has 0 amide bonds. The first kappa shape index (κ1) is 12.8. The second kappa shape index (κ2) is 5.35. The zero-order valence-electron chi connectivity index (χ0n) is 10.9. The lowest BCUT2D eigenvalue weighted by Gasteiger charge is -2.13. The second-order valence-electron chi connectivity index (χ2n) is 4.53. The predicted molar refractivity (Wildman–Crippen MR) is 72.7 cm³/mol. The molecule has 2 heterocycles. The molecule has 0 radical (unpaired) electrons. The molecule has 0 aliphatic heterocycles. The molecule has 0 saturated carbocycles. The summed E-state index contributed by atoms with van der Waals surface area (Å²) in [5.74, 6) is 0. The highest BCUT2D eigenvalue weighted by atomic mass is 16.1. The maximum atomic E-state index is 11.9. The van der Waals surface area contributed by atoms with Crippen molar-refractivity contribution in [3.8, 4) is 0 Å². The van der Waals surface area contributed by atoms with E-state index in [0.29, 0.717) is 19.0 Å². The minimum atomic E-state index is -0.0549. The van der Waals surface area contributed by atoms with E-state index in [4.69, 9.17) is 5.73 Å². The van der Waals surface area contributed by atoms with Crippen molar-refractivity contribution < 1.29 is 0 Å². The van der Waals surface area contributed by atoms with Gasteiger partial charge in [-0.1, -0.05) is 13.8 Å². The van der Waals surface area contributed by atoms with Crippen LogP contribution in [0.15, 0.2) is 17.1 Å². The van der Waals surface area contributed by atoms with Crippen molar-refractivity contribution >= 4 is 11.0 Å². The Morgan fingerprint density at radius 3 is 2.78 bits per heavy atom. The smallest absolute Gasteiger partial charge is 0.252 e. The van der Waals surface area contributed by atoms with Gasteiger partial charge in [0.1, 0.15) is 5.65 Å². The molecule has 0 spiro atoms. The molecule has 0 aromatic carbocycles. The Labute approximate surface area is 106 Å². The van der Waals surface area contributed by atoms with E-state index in [9.17, 15) is 4.79 Å². The third kappa shape index (κ3) is 2.18. The first-order chi connectivity index (χ1) is 8.71. The van der Waals surface area contributed by atoms with Gasteiger partial charge in [-0.25, -0.2) is 4.68 Å². The second-order valence-corrected chi connectivity index (χ2v) is 4.53. The highest BCUT2D eigenvalue weighted by Crippen LogP contribution is 2.20. The van der Waals surface area contributed by atoms with Crippen LogP contribution in [0.2, 0.25) is 0 Å². The minimum Gasteiger partial charge on any atom is -0.330 e. The molecule has 98 valence electrons. The number of nitrogens with zero attached hydrogens (tertiary/aromatic N) is 2. The summed E-state index contributed by atoms with van der Waals surface area (Å²) in [6.07, 6.45) is 4.41. The molecule has 2 aromatic rings. The Hall–Kier alpha value is -1.62. The number of hydrogen-bond acceptors (Lipinski definition) is 3. The average Bonchev–Trinajstić information content (AvgIpc) is 2.75. The first-order valence-corrected chi connectivity index (χ1v) is 6.50. The van der Waals surface area contributed by atoms with Crippen LogP contribution in [0.4, 0.5) is 0 Å². The van der Waals surface area contributed by atoms with Gasteiger partial charge in [0.2, 0.25) is 0 Å². The zero-order valence-corrected chi connectivity index (χ0v) is 10.9. The van der Waals surface area contributed by atoms with Crippen LogP contribution in [0.25, 0.3) is 11.0 Å². The van der Waals surface area contributed by atoms with Crippen molar-refractivity contribution in [3.63, 3.8) is 0 Å². The zero-order chi connectivity index (χ0) is 13.1. The number of aromatic amines is 1. The van der Waals surface area contributed by atoms with Crippen LogP contribution in [0.1, 0.15) is 38.3 Å². The number of rotatable bonds is 5. The van der Waals surface area contributed by atoms with Gasteiger partial charge in [0, 0.05) is 10.9 Å². The maximum Gasteiger partial charge on any atom is 0.252 e. The average molecular weight is 248 g/mol. The molecule has 2 aromatic heterocycles. The molecular formula is C13H20N4O. The topological polar surface area (TPSA) is 76.7 Å². The highest BCUT2D eigenvalue weighted by Gasteiger charge is 2.13. The number of nitrogens with two attached hydrogens (primary N) is 1. The van der Waals surface area contributed by atoms with E-state index in [2.05, 4.69) is 23.9 Å². The number of fused-ring (bicyclic) bond motifs is 1. The number of hydrogen-bond donors (Lipinski definition) is 2. The lowest BCUT2D eigenvalue weighted by atomic mass is 10.1. The van der Waals surface area contributed by atoms with Gasteiger partial charge < -0.3 is 10.7 Å². The van der Waals surface area contributed by atoms with E-state index in [1.54, 1.807) is 0 Å². The van der Waals surface area contributed by atoms with E-state index < -0.39 is 0 Å². The highest BCUT2D eigenvalue weighted by molar-refractivity contribution is 5.75. The molecule has 5 heteroatoms. The van der Waals surface area contributed by atoms with Crippen molar-refractivity contribution in [1.82, 2.24) is 14.8 Å². The van der Waals surface area contributed by atoms with Gasteiger partial charge in [-0.15, -0.1) is 0 Å². The molecule has 3 N–H and O–H groups in total. The summed E-state index contributed by atoms with van der Waals surface area (Å²) in [5, 5.41) is 5.37. The summed E-state index contributed by atoms with van der Waals surface area (Å²) >= 11 is 0. The summed E-state index contributed by atoms with van der Waals surface area (Å²) in [4.78, 5) is 14.9. The standard InChI is InChI=1S/C13H20N4O/c1-3-11(4-2)17-12-10(8-15-17)7-9(5-6-14)13(18)16-12/h7-8,11H,3-6,14H2,1-2H3,(H,16,18). The van der Waals surface area contributed by atoms with E-state index in [1.165, 1.54) is 0 Å². The molecule has 0 saturated heterocycles. The monoisotopic (exact) mass is 248 g/mol. The fourth-order valence-corrected chi connectivity index (χ4v) is 2.30. The van der Waals surface area contributed by atoms with E-state index >= 15 is 0 Å². The van der Waals surface area contributed by atoms with Gasteiger partial charge in [0.15, 0.2) is 0 Å². The van der Waals surface area contributed by atoms with Crippen molar-refractivity contribution in [2.75, 3.05) is 6.54 Å². The van der Waals surface area contributed by atoms with Gasteiger partial charge in [-0.05, 0) is 31.9 Å². The summed E-state index contributed by atoms with van der Waals surface area (Å²) in [5.41, 5.74) is 6.99. The van der Waals surface area contributed by atoms with Crippen LogP contribution in [0, 0.1) is 0 Å². The molecule has 0 fully saturated rings. The quantitative estimate of drug-likeness (QED) is 0.843. The fraction of sp³-hybridized carbons (Fsp3) is 0.538. The lowest BCUT2D eigenvalue weighted by molar-refractivity contribution is 0.438. The van der Waals surface area contributed by atoms with E-state index in [-0.39, 0.29) is 5.56 Å². The fourth-order valence-electron chi connectivity index (χ4n) is 2.30. The molecule has 0 unspecified atom stereocenters. The first-order valence-electron chi connectivity index (χ1n) is 6.50. The maximum absolute atomic E-state index is 11.9. The van der Waals surface area contributed by atoms with Gasteiger partial charge >= 0.3 is 0 Å². The van der Waals surface area contributed by atoms with Crippen molar-refractivity contribution in [1.29, 1.82) is 0 Å². The Bertz CT molecular complexity index is 580. The number of nitrogens with one attached hydrogen (secondary N) is 1. The van der Waals surface area contributed by atoms with Crippen molar-refractivity contribution in [2.45, 2.75) is 39.2 Å². The molecule has 0 atom stereocenters. The normalized spacial score (nSPS) is 11.6. The molecule has 0 aliphatic carbocycles. The molecular weight excluding hydrogens is 228 g/mol. The Kier molecular flexibility index (Phi) is 3.81. The van der Waals surface area contributed by atoms with E-state index in [0.717, 1.165) is 29.4 Å². The van der Waals surface area contributed by atoms with Crippen LogP contribution in [-0.2, 0) is 6.42 Å². The Balaban J connectivity index is 2.54. The van der Waals surface area contributed by atoms with E-state index in [1.807, 2.05) is 16.9 Å². The molecule has 2 rings (SSSR count). The van der Waals surface area contributed by atoms with Crippen LogP contribution in [0.5, 0.6) is 0 Å². The third-order valence-electron chi connectivity index (χ3n) is 3.38. The summed E-state index contributed by atoms with van der Waals surface area (Å²) in [6.45, 7) is 4.74. The SMILES string of the molecule is CCC(CC)n1ncc2cc(CCN)c(=O)[nH]c21. The summed E-state index contributed by atoms with van der Waals surface area (Å²) in [7, 11) is 0. The van der Waals surface area contributed by atoms with Crippen LogP contribution >= 0.6 is 0 Å².